The van der Waals surface area contributed by atoms with Gasteiger partial charge in [0.05, 0.1) is 5.52 Å². The van der Waals surface area contributed by atoms with Crippen molar-refractivity contribution in [1.82, 2.24) is 14.6 Å². The molecule has 0 bridgehead atoms. The first-order valence-corrected chi connectivity index (χ1v) is 3.79. The van der Waals surface area contributed by atoms with Crippen molar-refractivity contribution in [2.75, 3.05) is 0 Å². The van der Waals surface area contributed by atoms with Crippen molar-refractivity contribution >= 4 is 29.3 Å². The van der Waals surface area contributed by atoms with E-state index in [9.17, 15) is 0 Å². The summed E-state index contributed by atoms with van der Waals surface area (Å²) in [5, 5.41) is 3.28. The maximum absolute atomic E-state index is 5.79. The highest BCUT2D eigenvalue weighted by Crippen LogP contribution is 2.12. The Morgan fingerprint density at radius 3 is 3.27 bits per heavy atom. The van der Waals surface area contributed by atoms with Crippen molar-refractivity contribution in [2.24, 2.45) is 0 Å². The molecular formula is C6H4ClN3S. The predicted octanol–water partition coefficient (Wildman–Crippen LogP) is 2.05. The summed E-state index contributed by atoms with van der Waals surface area (Å²) in [6.45, 7) is 0. The van der Waals surface area contributed by atoms with E-state index < -0.39 is 0 Å². The van der Waals surface area contributed by atoms with E-state index in [1.54, 1.807) is 4.52 Å². The smallest absolute Gasteiger partial charge is 0.213 e. The van der Waals surface area contributed by atoms with Crippen molar-refractivity contribution in [3.63, 3.8) is 0 Å². The summed E-state index contributed by atoms with van der Waals surface area (Å²) >= 11 is 10.6. The Balaban J connectivity index is 3.02. The average molecular weight is 186 g/mol. The molecule has 0 aliphatic heterocycles. The van der Waals surface area contributed by atoms with Gasteiger partial charge in [0, 0.05) is 6.20 Å². The van der Waals surface area contributed by atoms with Crippen LogP contribution in [-0.2, 0) is 0 Å². The molecular weight excluding hydrogens is 182 g/mol. The number of hydrogen-bond donors (Lipinski definition) is 1. The first-order valence-electron chi connectivity index (χ1n) is 3.00. The predicted molar refractivity (Wildman–Crippen MR) is 45.4 cm³/mol. The van der Waals surface area contributed by atoms with Crippen LogP contribution in [0.3, 0.4) is 0 Å². The first kappa shape index (κ1) is 6.82. The van der Waals surface area contributed by atoms with E-state index in [0.29, 0.717) is 9.92 Å². The van der Waals surface area contributed by atoms with E-state index in [-0.39, 0.29) is 0 Å². The molecule has 2 rings (SSSR count). The van der Waals surface area contributed by atoms with Crippen molar-refractivity contribution in [2.45, 2.75) is 0 Å². The van der Waals surface area contributed by atoms with Crippen LogP contribution in [-0.4, -0.2) is 14.6 Å². The van der Waals surface area contributed by atoms with E-state index in [1.807, 2.05) is 18.3 Å². The molecule has 2 heterocycles. The van der Waals surface area contributed by atoms with Crippen LogP contribution in [0, 0.1) is 4.77 Å². The van der Waals surface area contributed by atoms with E-state index in [1.165, 1.54) is 0 Å². The van der Waals surface area contributed by atoms with Gasteiger partial charge in [-0.3, -0.25) is 9.61 Å². The van der Waals surface area contributed by atoms with E-state index >= 15 is 0 Å². The molecule has 56 valence electrons. The topological polar surface area (TPSA) is 33.1 Å². The SMILES string of the molecule is S=c1nc(Cl)c2cccn2[nH]1. The lowest BCUT2D eigenvalue weighted by atomic mass is 10.5. The Kier molecular flexibility index (Phi) is 1.44. The number of aromatic amines is 1. The molecule has 5 heteroatoms. The average Bonchev–Trinajstić information content (AvgIpc) is 2.34. The summed E-state index contributed by atoms with van der Waals surface area (Å²) in [6.07, 6.45) is 1.83. The van der Waals surface area contributed by atoms with Gasteiger partial charge < -0.3 is 0 Å². The molecule has 0 amide bonds. The van der Waals surface area contributed by atoms with Gasteiger partial charge in [-0.05, 0) is 24.4 Å². The van der Waals surface area contributed by atoms with Crippen LogP contribution in [0.15, 0.2) is 18.3 Å². The monoisotopic (exact) mass is 185 g/mol. The lowest BCUT2D eigenvalue weighted by Crippen LogP contribution is -1.92. The molecule has 0 fully saturated rings. The normalized spacial score (nSPS) is 10.6. The number of H-pyrrole nitrogens is 1. The zero-order chi connectivity index (χ0) is 7.84. The number of hydrogen-bond acceptors (Lipinski definition) is 2. The largest absolute Gasteiger partial charge is 0.268 e. The molecule has 0 aliphatic carbocycles. The van der Waals surface area contributed by atoms with Gasteiger partial charge in [0.25, 0.3) is 0 Å². The fourth-order valence-corrected chi connectivity index (χ4v) is 1.40. The van der Waals surface area contributed by atoms with Crippen LogP contribution >= 0.6 is 23.8 Å². The summed E-state index contributed by atoms with van der Waals surface area (Å²) in [4.78, 5) is 3.88. The lowest BCUT2D eigenvalue weighted by Gasteiger charge is -1.95. The summed E-state index contributed by atoms with van der Waals surface area (Å²) in [5.41, 5.74) is 0.834. The Morgan fingerprint density at radius 1 is 1.64 bits per heavy atom. The molecule has 11 heavy (non-hydrogen) atoms. The lowest BCUT2D eigenvalue weighted by molar-refractivity contribution is 0.888. The highest BCUT2D eigenvalue weighted by Gasteiger charge is 1.97. The molecule has 2 aromatic heterocycles. The van der Waals surface area contributed by atoms with E-state index in [0.717, 1.165) is 5.52 Å². The van der Waals surface area contributed by atoms with Gasteiger partial charge in [-0.2, -0.15) is 0 Å². The molecule has 0 atom stereocenters. The van der Waals surface area contributed by atoms with Crippen molar-refractivity contribution in [1.29, 1.82) is 0 Å². The fourth-order valence-electron chi connectivity index (χ4n) is 0.921. The quantitative estimate of drug-likeness (QED) is 0.638. The standard InChI is InChI=1S/C6H4ClN3S/c7-5-4-2-1-3-10(4)9-6(11)8-5/h1-3H,(H,9,11). The van der Waals surface area contributed by atoms with Gasteiger partial charge in [-0.15, -0.1) is 0 Å². The number of halogens is 1. The van der Waals surface area contributed by atoms with Gasteiger partial charge in [0.1, 0.15) is 0 Å². The van der Waals surface area contributed by atoms with Crippen LogP contribution < -0.4 is 0 Å². The molecule has 0 spiro atoms. The molecule has 0 aliphatic rings. The Hall–Kier alpha value is -0.870. The third-order valence-corrected chi connectivity index (χ3v) is 1.84. The Morgan fingerprint density at radius 2 is 2.45 bits per heavy atom. The summed E-state index contributed by atoms with van der Waals surface area (Å²) in [6, 6.07) is 3.73. The highest BCUT2D eigenvalue weighted by molar-refractivity contribution is 7.71. The van der Waals surface area contributed by atoms with Crippen LogP contribution in [0.1, 0.15) is 0 Å². The van der Waals surface area contributed by atoms with Crippen molar-refractivity contribution in [3.05, 3.63) is 28.3 Å². The van der Waals surface area contributed by atoms with Gasteiger partial charge in [0.2, 0.25) is 4.77 Å². The van der Waals surface area contributed by atoms with Crippen molar-refractivity contribution in [3.8, 4) is 0 Å². The minimum absolute atomic E-state index is 0.388. The second-order valence-corrected chi connectivity index (χ2v) is 2.83. The Labute approximate surface area is 72.6 Å². The highest BCUT2D eigenvalue weighted by atomic mass is 35.5. The minimum atomic E-state index is 0.388. The third-order valence-electron chi connectivity index (χ3n) is 1.38. The molecule has 1 N–H and O–H groups in total. The summed E-state index contributed by atoms with van der Waals surface area (Å²) in [5.74, 6) is 0. The third kappa shape index (κ3) is 1.04. The molecule has 0 unspecified atom stereocenters. The van der Waals surface area contributed by atoms with Gasteiger partial charge >= 0.3 is 0 Å². The second kappa shape index (κ2) is 2.32. The van der Waals surface area contributed by atoms with Crippen LogP contribution in [0.4, 0.5) is 0 Å². The van der Waals surface area contributed by atoms with Crippen molar-refractivity contribution < 1.29 is 0 Å². The zero-order valence-corrected chi connectivity index (χ0v) is 6.99. The fraction of sp³-hybridized carbons (Fsp3) is 0. The molecule has 0 aromatic carbocycles. The molecule has 0 saturated carbocycles. The number of nitrogens with one attached hydrogen (secondary N) is 1. The molecule has 0 saturated heterocycles. The summed E-state index contributed by atoms with van der Waals surface area (Å²) in [7, 11) is 0. The Bertz CT molecular complexity index is 444. The molecule has 2 aromatic rings. The van der Waals surface area contributed by atoms with E-state index in [4.69, 9.17) is 23.8 Å². The van der Waals surface area contributed by atoms with Crippen LogP contribution in [0.25, 0.3) is 5.52 Å². The zero-order valence-electron chi connectivity index (χ0n) is 5.41. The van der Waals surface area contributed by atoms with Crippen LogP contribution in [0.2, 0.25) is 5.15 Å². The molecule has 3 nitrogen and oxygen atoms in total. The number of nitrogens with zero attached hydrogens (tertiary/aromatic N) is 2. The van der Waals surface area contributed by atoms with Crippen LogP contribution in [0.5, 0.6) is 0 Å². The molecule has 0 radical (unpaired) electrons. The van der Waals surface area contributed by atoms with Gasteiger partial charge in [-0.1, -0.05) is 11.6 Å². The number of rotatable bonds is 0. The van der Waals surface area contributed by atoms with Gasteiger partial charge in [0.15, 0.2) is 5.15 Å². The first-order chi connectivity index (χ1) is 5.27. The summed E-state index contributed by atoms with van der Waals surface area (Å²) < 4.78 is 2.12. The maximum Gasteiger partial charge on any atom is 0.213 e. The second-order valence-electron chi connectivity index (χ2n) is 2.08. The maximum atomic E-state index is 5.79. The minimum Gasteiger partial charge on any atom is -0.268 e. The van der Waals surface area contributed by atoms with E-state index in [2.05, 4.69) is 10.1 Å². The number of aromatic nitrogens is 3. The van der Waals surface area contributed by atoms with Gasteiger partial charge in [-0.25, -0.2) is 4.98 Å². The number of fused-ring (bicyclic) bond motifs is 1.